The molecule has 0 atom stereocenters. The fourth-order valence-corrected chi connectivity index (χ4v) is 4.85. The van der Waals surface area contributed by atoms with Crippen molar-refractivity contribution >= 4 is 73.5 Å². The van der Waals surface area contributed by atoms with Gasteiger partial charge in [-0.15, -0.1) is 13.9 Å². The standard InChI is InChI=1S/C21H19N7O3S3.ClH.Co/c1-13-12-18(25-31-13)26-34(29,30)17-10-8-15(9-11-17)23-27-33-21(32)19-14(2)24-28(20(19)22)16-6-4-3-5-7-16;;/h3-12,22,32H,1-2H3,(H,25,26);1H;/q;;+2/p-2/b21-19-,22-20?,27-23?;;. The van der Waals surface area contributed by atoms with E-state index in [-0.39, 0.29) is 16.5 Å². The molecule has 2 heterocycles. The summed E-state index contributed by atoms with van der Waals surface area (Å²) in [5.74, 6) is 0.760. The van der Waals surface area contributed by atoms with Crippen molar-refractivity contribution < 1.29 is 27.8 Å². The van der Waals surface area contributed by atoms with Crippen molar-refractivity contribution in [2.75, 3.05) is 9.73 Å². The van der Waals surface area contributed by atoms with Crippen molar-refractivity contribution in [1.29, 1.82) is 5.41 Å². The number of sulfonamides is 1. The molecular weight excluding hydrogens is 589 g/mol. The van der Waals surface area contributed by atoms with Gasteiger partial charge in [0.1, 0.15) is 5.76 Å². The molecule has 1 aliphatic heterocycles. The average molecular weight is 607 g/mol. The number of benzene rings is 2. The van der Waals surface area contributed by atoms with Crippen molar-refractivity contribution in [3.63, 3.8) is 0 Å². The normalized spacial score (nSPS) is 14.9. The summed E-state index contributed by atoms with van der Waals surface area (Å²) in [6, 6.07) is 16.7. The Labute approximate surface area is 230 Å². The Bertz CT molecular complexity index is 1430. The number of hydrogen-bond donors (Lipinski definition) is 2. The number of aromatic nitrogens is 1. The van der Waals surface area contributed by atoms with Crippen LogP contribution in [0.3, 0.4) is 0 Å². The van der Waals surface area contributed by atoms with E-state index < -0.39 is 10.0 Å². The van der Waals surface area contributed by atoms with Gasteiger partial charge in [0.05, 0.1) is 22.0 Å². The van der Waals surface area contributed by atoms with Gasteiger partial charge in [-0.1, -0.05) is 23.4 Å². The zero-order chi connectivity index (χ0) is 26.3. The van der Waals surface area contributed by atoms with Gasteiger partial charge in [0, 0.05) is 23.6 Å². The van der Waals surface area contributed by atoms with E-state index in [1.165, 1.54) is 35.3 Å². The van der Waals surface area contributed by atoms with E-state index in [2.05, 4.69) is 49.6 Å². The first-order valence-electron chi connectivity index (χ1n) is 9.92. The molecule has 2 N–H and O–H groups in total. The van der Waals surface area contributed by atoms with Crippen molar-refractivity contribution in [2.24, 2.45) is 14.7 Å². The molecule has 0 unspecified atom stereocenters. The molecule has 4 rings (SSSR count). The van der Waals surface area contributed by atoms with Gasteiger partial charge in [-0.25, -0.2) is 13.4 Å². The molecule has 0 bridgehead atoms. The number of rotatable bonds is 7. The first-order valence-corrected chi connectivity index (χ1v) is 14.0. The van der Waals surface area contributed by atoms with Crippen LogP contribution in [-0.2, 0) is 37.5 Å². The SMILES string of the molecule is CC1=NN(c2ccccc2)C(=N)/C1=C(/[S-])SN=Nc1ccc(S(=O)(=O)Nc2cc(C)on2)cc1.[Cl][Co+]. The molecule has 3 aromatic rings. The topological polar surface area (TPSA) is 136 Å². The number of amidine groups is 1. The van der Waals surface area contributed by atoms with Gasteiger partial charge in [0.2, 0.25) is 0 Å². The van der Waals surface area contributed by atoms with Crippen molar-refractivity contribution in [3.05, 3.63) is 76.2 Å². The summed E-state index contributed by atoms with van der Waals surface area (Å²) in [5, 5.41) is 22.1. The van der Waals surface area contributed by atoms with E-state index in [0.717, 1.165) is 17.6 Å². The molecule has 0 aliphatic carbocycles. The number of para-hydroxylation sites is 1. The summed E-state index contributed by atoms with van der Waals surface area (Å²) in [6.45, 7) is 3.44. The van der Waals surface area contributed by atoms with Crippen LogP contribution in [0.4, 0.5) is 17.2 Å². The number of aryl methyl sites for hydroxylation is 1. The molecule has 0 saturated carbocycles. The van der Waals surface area contributed by atoms with Crippen LogP contribution >= 0.6 is 22.1 Å². The van der Waals surface area contributed by atoms with Gasteiger partial charge in [-0.3, -0.25) is 10.1 Å². The molecule has 1 aromatic heterocycles. The second-order valence-electron chi connectivity index (χ2n) is 7.04. The molecule has 189 valence electrons. The van der Waals surface area contributed by atoms with E-state index in [9.17, 15) is 8.42 Å². The molecule has 15 heteroatoms. The number of hydrogen-bond acceptors (Lipinski definition) is 10. The molecule has 36 heavy (non-hydrogen) atoms. The summed E-state index contributed by atoms with van der Waals surface area (Å²) in [6.07, 6.45) is 0. The quantitative estimate of drug-likeness (QED) is 0.196. The molecule has 0 spiro atoms. The van der Waals surface area contributed by atoms with Gasteiger partial charge in [-0.2, -0.15) is 5.10 Å². The van der Waals surface area contributed by atoms with E-state index >= 15 is 0 Å². The van der Waals surface area contributed by atoms with Crippen LogP contribution in [0.15, 0.2) is 94.6 Å². The van der Waals surface area contributed by atoms with E-state index in [4.69, 9.17) is 22.6 Å². The van der Waals surface area contributed by atoms with E-state index in [1.807, 2.05) is 30.3 Å². The Balaban J connectivity index is 0.00000176. The predicted octanol–water partition coefficient (Wildman–Crippen LogP) is 5.83. The molecular formula is C21H18ClCoN7O3S3. The minimum atomic E-state index is -3.82. The Morgan fingerprint density at radius 1 is 1.17 bits per heavy atom. The molecule has 0 fully saturated rings. The third-order valence-electron chi connectivity index (χ3n) is 4.56. The maximum absolute atomic E-state index is 12.5. The molecule has 0 saturated heterocycles. The number of nitrogens with one attached hydrogen (secondary N) is 2. The molecule has 0 amide bonds. The van der Waals surface area contributed by atoms with Gasteiger partial charge >= 0.3 is 25.0 Å². The van der Waals surface area contributed by atoms with Crippen LogP contribution in [0.1, 0.15) is 12.7 Å². The summed E-state index contributed by atoms with van der Waals surface area (Å²) in [4.78, 5) is 0.0399. The molecule has 10 nitrogen and oxygen atoms in total. The van der Waals surface area contributed by atoms with Crippen LogP contribution in [0.2, 0.25) is 0 Å². The van der Waals surface area contributed by atoms with Crippen LogP contribution < -0.4 is 9.73 Å². The van der Waals surface area contributed by atoms with E-state index in [1.54, 1.807) is 13.8 Å². The second kappa shape index (κ2) is 12.5. The molecule has 1 aliphatic rings. The van der Waals surface area contributed by atoms with E-state index in [0.29, 0.717) is 27.0 Å². The third kappa shape index (κ3) is 6.71. The van der Waals surface area contributed by atoms with Crippen molar-refractivity contribution in [3.8, 4) is 0 Å². The summed E-state index contributed by atoms with van der Waals surface area (Å²) >= 11 is 9.42. The monoisotopic (exact) mass is 606 g/mol. The van der Waals surface area contributed by atoms with Gasteiger partial charge in [0.15, 0.2) is 11.7 Å². The third-order valence-corrected chi connectivity index (χ3v) is 6.89. The predicted molar refractivity (Wildman–Crippen MR) is 141 cm³/mol. The molecule has 0 radical (unpaired) electrons. The van der Waals surface area contributed by atoms with Crippen molar-refractivity contribution in [1.82, 2.24) is 5.16 Å². The van der Waals surface area contributed by atoms with Crippen LogP contribution in [-0.4, -0.2) is 25.1 Å². The number of hydrazone groups is 1. The number of halogens is 1. The Kier molecular flexibility index (Phi) is 9.64. The summed E-state index contributed by atoms with van der Waals surface area (Å²) < 4.78 is 36.5. The van der Waals surface area contributed by atoms with Gasteiger partial charge in [0.25, 0.3) is 10.0 Å². The zero-order valence-corrected chi connectivity index (χ0v) is 22.9. The summed E-state index contributed by atoms with van der Waals surface area (Å²) in [7, 11) is 0.509. The Morgan fingerprint density at radius 3 is 2.44 bits per heavy atom. The number of nitrogens with zero attached hydrogens (tertiary/aromatic N) is 5. The van der Waals surface area contributed by atoms with Crippen molar-refractivity contribution in [2.45, 2.75) is 18.7 Å². The fourth-order valence-electron chi connectivity index (χ4n) is 2.98. The average Bonchev–Trinajstić information content (AvgIpc) is 3.41. The molecule has 2 aromatic carbocycles. The van der Waals surface area contributed by atoms with Crippen LogP contribution in [0.5, 0.6) is 0 Å². The zero-order valence-electron chi connectivity index (χ0n) is 18.7. The maximum atomic E-state index is 12.5. The van der Waals surface area contributed by atoms with Gasteiger partial charge in [-0.05, 0) is 50.2 Å². The Morgan fingerprint density at radius 2 is 1.83 bits per heavy atom. The minimum absolute atomic E-state index is 0.0399. The number of anilines is 2. The second-order valence-corrected chi connectivity index (χ2v) is 10.1. The van der Waals surface area contributed by atoms with Gasteiger partial charge < -0.3 is 17.2 Å². The first-order chi connectivity index (χ1) is 17.2. The fraction of sp³-hybridized carbons (Fsp3) is 0.0952. The summed E-state index contributed by atoms with van der Waals surface area (Å²) in [5.41, 5.74) is 2.33. The first kappa shape index (κ1) is 27.8. The Hall–Kier alpha value is -2.75. The van der Waals surface area contributed by atoms with Crippen LogP contribution in [0, 0.1) is 12.3 Å². The van der Waals surface area contributed by atoms with Crippen LogP contribution in [0.25, 0.3) is 0 Å².